The van der Waals surface area contributed by atoms with Gasteiger partial charge in [-0.3, -0.25) is 33.7 Å². The van der Waals surface area contributed by atoms with Crippen molar-refractivity contribution in [2.45, 2.75) is 235 Å². The Balaban J connectivity index is 1.71. The van der Waals surface area contributed by atoms with E-state index in [4.69, 9.17) is 28.4 Å². The Kier molecular flexibility index (Phi) is 33.6. The topological polar surface area (TPSA) is 423 Å². The Morgan fingerprint density at radius 2 is 0.850 bits per heavy atom. The van der Waals surface area contributed by atoms with Crippen LogP contribution in [-0.4, -0.2) is 255 Å². The third-order valence-corrected chi connectivity index (χ3v) is 14.2. The number of nitrogens with zero attached hydrogens (tertiary/aromatic N) is 1. The molecule has 17 atom stereocenters. The van der Waals surface area contributed by atoms with Gasteiger partial charge in [0, 0.05) is 39.0 Å². The van der Waals surface area contributed by atoms with Crippen molar-refractivity contribution < 1.29 is 108 Å². The first-order chi connectivity index (χ1) is 38.1. The molecule has 0 spiro atoms. The summed E-state index contributed by atoms with van der Waals surface area (Å²) in [5.74, 6) is -4.24. The lowest BCUT2D eigenvalue weighted by Gasteiger charge is -2.39. The molecule has 3 heterocycles. The third kappa shape index (κ3) is 25.0. The highest BCUT2D eigenvalue weighted by molar-refractivity contribution is 5.88. The summed E-state index contributed by atoms with van der Waals surface area (Å²) >= 11 is 0. The summed E-state index contributed by atoms with van der Waals surface area (Å²) < 4.78 is 33.0. The van der Waals surface area contributed by atoms with E-state index in [1.807, 2.05) is 0 Å². The van der Waals surface area contributed by atoms with E-state index < -0.39 is 147 Å². The number of aliphatic hydroxyl groups is 9. The molecule has 15 N–H and O–H groups in total. The predicted octanol–water partition coefficient (Wildman–Crippen LogP) is -3.52. The van der Waals surface area contributed by atoms with E-state index in [0.717, 1.165) is 25.7 Å². The van der Waals surface area contributed by atoms with Crippen molar-refractivity contribution in [2.75, 3.05) is 59.1 Å². The summed E-state index contributed by atoms with van der Waals surface area (Å²) in [6.07, 6.45) is -9.73. The smallest absolute Gasteiger partial charge is 0.303 e. The molecule has 2 unspecified atom stereocenters. The number of carbonyl (C=O) groups is 6. The first kappa shape index (κ1) is 70.4. The zero-order valence-corrected chi connectivity index (χ0v) is 46.8. The Morgan fingerprint density at radius 1 is 0.450 bits per heavy atom. The molecule has 3 aliphatic heterocycles. The molecule has 80 heavy (non-hydrogen) atoms. The SMILES string of the molecule is CCCCCCCCCCCCC(=O)NC(CCC(=O)O)C(=O)NCCCCC(C(=O)NCCO[C@@H]1O[C@@H](C)[C@@H](O)[C@@H](O)[C@@H]1O)N(CC(=O)NCCO[C@@H]1O[C@@H](C)[C@@H](O)[C@@H](O)[C@@H]1O)CC(=O)NCCO[C@@H]1O[C@@H](C)[C@@H](O)[C@@H](O)[C@@H]1O. The minimum atomic E-state index is -1.63. The molecule has 0 aliphatic carbocycles. The summed E-state index contributed by atoms with van der Waals surface area (Å²) in [7, 11) is 0. The van der Waals surface area contributed by atoms with Crippen LogP contribution in [0.1, 0.15) is 130 Å². The zero-order chi connectivity index (χ0) is 59.3. The van der Waals surface area contributed by atoms with Crippen molar-refractivity contribution in [3.05, 3.63) is 0 Å². The fraction of sp³-hybridized carbons (Fsp3) is 0.885. The zero-order valence-electron chi connectivity index (χ0n) is 46.8. The molecule has 0 aromatic carbocycles. The Bertz CT molecular complexity index is 1770. The van der Waals surface area contributed by atoms with Crippen LogP contribution < -0.4 is 26.6 Å². The van der Waals surface area contributed by atoms with Gasteiger partial charge in [-0.05, 0) is 52.9 Å². The Morgan fingerprint density at radius 3 is 1.27 bits per heavy atom. The number of carboxylic acids is 1. The van der Waals surface area contributed by atoms with Gasteiger partial charge in [0.25, 0.3) is 0 Å². The molecular weight excluding hydrogens is 1060 g/mol. The highest BCUT2D eigenvalue weighted by atomic mass is 16.7. The van der Waals surface area contributed by atoms with Crippen molar-refractivity contribution in [1.82, 2.24) is 31.5 Å². The van der Waals surface area contributed by atoms with Gasteiger partial charge in [-0.15, -0.1) is 0 Å². The molecular formula is C52H94N6O22. The van der Waals surface area contributed by atoms with Gasteiger partial charge in [0.05, 0.1) is 57.3 Å². The van der Waals surface area contributed by atoms with Crippen molar-refractivity contribution in [3.8, 4) is 0 Å². The molecule has 3 fully saturated rings. The fourth-order valence-corrected chi connectivity index (χ4v) is 9.26. The average Bonchev–Trinajstić information content (AvgIpc) is 3.42. The monoisotopic (exact) mass is 1150 g/mol. The van der Waals surface area contributed by atoms with Crippen molar-refractivity contribution in [3.63, 3.8) is 0 Å². The van der Waals surface area contributed by atoms with Gasteiger partial charge in [-0.25, -0.2) is 0 Å². The maximum absolute atomic E-state index is 14.2. The van der Waals surface area contributed by atoms with E-state index in [1.165, 1.54) is 57.8 Å². The molecule has 0 radical (unpaired) electrons. The summed E-state index contributed by atoms with van der Waals surface area (Å²) in [5.41, 5.74) is 0. The Labute approximate surface area is 467 Å². The Hall–Kier alpha value is -3.82. The van der Waals surface area contributed by atoms with Crippen LogP contribution in [0.4, 0.5) is 0 Å². The van der Waals surface area contributed by atoms with Gasteiger partial charge in [-0.1, -0.05) is 64.7 Å². The number of carboxylic acid groups (broad SMARTS) is 1. The molecule has 3 saturated heterocycles. The van der Waals surface area contributed by atoms with Gasteiger partial charge >= 0.3 is 5.97 Å². The van der Waals surface area contributed by atoms with Gasteiger partial charge in [0.2, 0.25) is 29.5 Å². The number of carbonyl (C=O) groups excluding carboxylic acids is 5. The molecule has 0 bridgehead atoms. The lowest BCUT2D eigenvalue weighted by Crippen LogP contribution is -2.58. The van der Waals surface area contributed by atoms with E-state index in [0.29, 0.717) is 6.42 Å². The lowest BCUT2D eigenvalue weighted by molar-refractivity contribution is -0.292. The highest BCUT2D eigenvalue weighted by Crippen LogP contribution is 2.24. The van der Waals surface area contributed by atoms with Gasteiger partial charge in [0.15, 0.2) is 18.9 Å². The van der Waals surface area contributed by atoms with Crippen LogP contribution in [0.15, 0.2) is 0 Å². The third-order valence-electron chi connectivity index (χ3n) is 14.2. The van der Waals surface area contributed by atoms with E-state index in [9.17, 15) is 79.8 Å². The maximum Gasteiger partial charge on any atom is 0.303 e. The van der Waals surface area contributed by atoms with Crippen molar-refractivity contribution in [1.29, 1.82) is 0 Å². The molecule has 0 saturated carbocycles. The molecule has 0 aromatic heterocycles. The number of aliphatic carboxylic acids is 1. The lowest BCUT2D eigenvalue weighted by atomic mass is 10.0. The molecule has 464 valence electrons. The summed E-state index contributed by atoms with van der Waals surface area (Å²) in [5, 5.41) is 114. The standard InChI is InChI=1S/C52H94N6O22/c1-5-6-7-8-9-10-11-12-13-14-18-35(59)57-33(19-20-38(62)63)48(73)55-21-16-15-17-34(49(74)56-24-27-77-52-47(72)44(69)41(66)32(4)80-52)58(28-36(60)53-22-25-75-50-45(70)42(67)39(64)30(2)78-50)29-37(61)54-23-26-76-51-46(71)43(68)40(65)31(3)79-51/h30-34,39-47,50-52,64-72H,5-29H2,1-4H3,(H,53,60)(H,54,61)(H,55,73)(H,56,74)(H,57,59)(H,62,63)/t30-,31-,32-,33?,34?,39+,40+,41+,42+,43+,44+,45-,46-,47-,50+,51+,52+/m0/s1. The first-order valence-electron chi connectivity index (χ1n) is 28.4. The number of amides is 5. The minimum absolute atomic E-state index is 0.0188. The van der Waals surface area contributed by atoms with E-state index >= 15 is 0 Å². The van der Waals surface area contributed by atoms with E-state index in [2.05, 4.69) is 33.5 Å². The number of unbranched alkanes of at least 4 members (excludes halogenated alkanes) is 10. The van der Waals surface area contributed by atoms with Gasteiger partial charge < -0.3 is 106 Å². The van der Waals surface area contributed by atoms with Crippen LogP contribution in [0.3, 0.4) is 0 Å². The number of rotatable bonds is 39. The molecule has 5 amide bonds. The molecule has 28 heteroatoms. The maximum atomic E-state index is 14.2. The molecule has 0 aromatic rings. The minimum Gasteiger partial charge on any atom is -0.481 e. The summed E-state index contributed by atoms with van der Waals surface area (Å²) in [4.78, 5) is 80.5. The number of hydrogen-bond acceptors (Lipinski definition) is 22. The van der Waals surface area contributed by atoms with Crippen molar-refractivity contribution in [2.24, 2.45) is 0 Å². The van der Waals surface area contributed by atoms with Crippen LogP contribution in [0.2, 0.25) is 0 Å². The first-order valence-corrected chi connectivity index (χ1v) is 28.4. The molecule has 28 nitrogen and oxygen atoms in total. The van der Waals surface area contributed by atoms with Crippen LogP contribution in [-0.2, 0) is 57.2 Å². The van der Waals surface area contributed by atoms with Crippen LogP contribution in [0.25, 0.3) is 0 Å². The number of aliphatic hydroxyl groups excluding tert-OH is 9. The second-order valence-electron chi connectivity index (χ2n) is 20.8. The number of ether oxygens (including phenoxy) is 6. The fourth-order valence-electron chi connectivity index (χ4n) is 9.26. The normalized spacial score (nSPS) is 29.6. The van der Waals surface area contributed by atoms with Gasteiger partial charge in [-0.2, -0.15) is 0 Å². The molecule has 3 rings (SSSR count). The van der Waals surface area contributed by atoms with E-state index in [-0.39, 0.29) is 90.4 Å². The predicted molar refractivity (Wildman–Crippen MR) is 281 cm³/mol. The largest absolute Gasteiger partial charge is 0.481 e. The van der Waals surface area contributed by atoms with Crippen LogP contribution >= 0.6 is 0 Å². The average molecular weight is 1160 g/mol. The van der Waals surface area contributed by atoms with Crippen LogP contribution in [0, 0.1) is 0 Å². The van der Waals surface area contributed by atoms with Gasteiger partial charge in [0.1, 0.15) is 61.0 Å². The second kappa shape index (κ2) is 38.1. The van der Waals surface area contributed by atoms with Crippen LogP contribution in [0.5, 0.6) is 0 Å². The van der Waals surface area contributed by atoms with E-state index in [1.54, 1.807) is 0 Å². The number of hydrogen-bond donors (Lipinski definition) is 15. The quantitative estimate of drug-likeness (QED) is 0.0265. The second-order valence-corrected chi connectivity index (χ2v) is 20.8. The highest BCUT2D eigenvalue weighted by Gasteiger charge is 2.45. The number of nitrogens with one attached hydrogen (secondary N) is 5. The summed E-state index contributed by atoms with van der Waals surface area (Å²) in [6.45, 7) is 4.08. The summed E-state index contributed by atoms with van der Waals surface area (Å²) in [6, 6.07) is -2.38. The van der Waals surface area contributed by atoms with Crippen molar-refractivity contribution >= 4 is 35.5 Å². The molecule has 3 aliphatic rings.